The molecule has 3 unspecified atom stereocenters. The molecule has 2 N–H and O–H groups in total. The predicted octanol–water partition coefficient (Wildman–Crippen LogP) is 3.12. The number of thiophene rings is 1. The monoisotopic (exact) mass is 241 g/mol. The summed E-state index contributed by atoms with van der Waals surface area (Å²) in [6.45, 7) is 8.33. The third-order valence-electron chi connectivity index (χ3n) is 2.69. The summed E-state index contributed by atoms with van der Waals surface area (Å²) in [5, 5.41) is 12.8. The van der Waals surface area contributed by atoms with E-state index >= 15 is 0 Å². The molecule has 1 aromatic rings. The fourth-order valence-electron chi connectivity index (χ4n) is 1.91. The van der Waals surface area contributed by atoms with E-state index in [9.17, 15) is 5.11 Å². The number of rotatable bonds is 6. The molecule has 0 radical (unpaired) electrons. The minimum Gasteiger partial charge on any atom is -0.393 e. The average molecular weight is 241 g/mol. The molecule has 1 heterocycles. The minimum absolute atomic E-state index is 0.232. The van der Waals surface area contributed by atoms with Crippen LogP contribution in [0.25, 0.3) is 0 Å². The van der Waals surface area contributed by atoms with Crippen LogP contribution in [0.4, 0.5) is 0 Å². The van der Waals surface area contributed by atoms with E-state index in [4.69, 9.17) is 0 Å². The summed E-state index contributed by atoms with van der Waals surface area (Å²) in [4.78, 5) is 2.82. The molecule has 92 valence electrons. The first-order valence-electron chi connectivity index (χ1n) is 6.05. The maximum atomic E-state index is 9.31. The molecule has 3 heteroatoms. The molecule has 0 bridgehead atoms. The van der Waals surface area contributed by atoms with Crippen molar-refractivity contribution < 1.29 is 5.11 Å². The van der Waals surface area contributed by atoms with Gasteiger partial charge in [-0.25, -0.2) is 0 Å². The van der Waals surface area contributed by atoms with Gasteiger partial charge in [0.15, 0.2) is 0 Å². The highest BCUT2D eigenvalue weighted by atomic mass is 32.1. The van der Waals surface area contributed by atoms with Crippen molar-refractivity contribution in [1.29, 1.82) is 0 Å². The lowest BCUT2D eigenvalue weighted by molar-refractivity contribution is 0.168. The van der Waals surface area contributed by atoms with Crippen LogP contribution >= 0.6 is 11.3 Å². The van der Waals surface area contributed by atoms with E-state index in [0.29, 0.717) is 12.1 Å². The van der Waals surface area contributed by atoms with Gasteiger partial charge in [0.2, 0.25) is 0 Å². The van der Waals surface area contributed by atoms with Gasteiger partial charge in [0.1, 0.15) is 0 Å². The third kappa shape index (κ3) is 4.24. The van der Waals surface area contributed by atoms with Gasteiger partial charge in [-0.3, -0.25) is 0 Å². The van der Waals surface area contributed by atoms with Gasteiger partial charge in [0.25, 0.3) is 0 Å². The van der Waals surface area contributed by atoms with Crippen LogP contribution in [0.3, 0.4) is 0 Å². The van der Waals surface area contributed by atoms with Crippen molar-refractivity contribution in [2.75, 3.05) is 0 Å². The van der Waals surface area contributed by atoms with Gasteiger partial charge in [0, 0.05) is 21.8 Å². The van der Waals surface area contributed by atoms with Gasteiger partial charge in [-0.15, -0.1) is 11.3 Å². The molecule has 0 fully saturated rings. The molecule has 1 aromatic heterocycles. The van der Waals surface area contributed by atoms with E-state index in [0.717, 1.165) is 12.8 Å². The summed E-state index contributed by atoms with van der Waals surface area (Å²) in [6, 6.07) is 5.13. The summed E-state index contributed by atoms with van der Waals surface area (Å²) in [5.41, 5.74) is 0. The molecule has 0 saturated heterocycles. The lowest BCUT2D eigenvalue weighted by atomic mass is 10.1. The normalized spacial score (nSPS) is 17.1. The number of hydrogen-bond donors (Lipinski definition) is 2. The van der Waals surface area contributed by atoms with E-state index in [1.807, 2.05) is 18.3 Å². The van der Waals surface area contributed by atoms with Crippen LogP contribution < -0.4 is 5.32 Å². The average Bonchev–Trinajstić information content (AvgIpc) is 2.64. The molecule has 0 spiro atoms. The largest absolute Gasteiger partial charge is 0.393 e. The highest BCUT2D eigenvalue weighted by Gasteiger charge is 2.12. The lowest BCUT2D eigenvalue weighted by Gasteiger charge is -2.20. The first-order valence-corrected chi connectivity index (χ1v) is 6.87. The Labute approximate surface area is 103 Å². The highest BCUT2D eigenvalue weighted by molar-refractivity contribution is 7.12. The van der Waals surface area contributed by atoms with Crippen molar-refractivity contribution in [2.45, 2.75) is 58.7 Å². The maximum Gasteiger partial charge on any atom is 0.0526 e. The smallest absolute Gasteiger partial charge is 0.0526 e. The second-order valence-corrected chi connectivity index (χ2v) is 5.73. The molecule has 0 aliphatic rings. The van der Waals surface area contributed by atoms with Crippen molar-refractivity contribution in [2.24, 2.45) is 0 Å². The summed E-state index contributed by atoms with van der Waals surface area (Å²) in [6.07, 6.45) is 1.68. The second kappa shape index (κ2) is 6.38. The Morgan fingerprint density at radius 3 is 2.50 bits per heavy atom. The lowest BCUT2D eigenvalue weighted by Crippen LogP contribution is -2.31. The third-order valence-corrected chi connectivity index (χ3v) is 4.10. The van der Waals surface area contributed by atoms with Crippen LogP contribution in [-0.2, 0) is 6.42 Å². The zero-order valence-electron chi connectivity index (χ0n) is 10.7. The van der Waals surface area contributed by atoms with E-state index in [1.54, 1.807) is 0 Å². The number of aliphatic hydroxyl groups excluding tert-OH is 1. The van der Waals surface area contributed by atoms with E-state index < -0.39 is 0 Å². The Kier molecular flexibility index (Phi) is 5.46. The second-order valence-electron chi connectivity index (χ2n) is 4.53. The molecule has 0 aliphatic carbocycles. The number of aryl methyl sites for hydroxylation is 1. The van der Waals surface area contributed by atoms with Gasteiger partial charge in [-0.05, 0) is 45.7 Å². The molecule has 0 aliphatic heterocycles. The SMILES string of the molecule is CCc1ccc(C(C)NC(C)CC(C)O)s1. The highest BCUT2D eigenvalue weighted by Crippen LogP contribution is 2.24. The maximum absolute atomic E-state index is 9.31. The molecule has 0 saturated carbocycles. The summed E-state index contributed by atoms with van der Waals surface area (Å²) in [7, 11) is 0. The Bertz CT molecular complexity index is 309. The molecule has 1 rings (SSSR count). The summed E-state index contributed by atoms with van der Waals surface area (Å²) >= 11 is 1.88. The van der Waals surface area contributed by atoms with Crippen molar-refractivity contribution in [3.8, 4) is 0 Å². The van der Waals surface area contributed by atoms with Crippen molar-refractivity contribution in [1.82, 2.24) is 5.32 Å². The molecule has 16 heavy (non-hydrogen) atoms. The Balaban J connectivity index is 2.48. The van der Waals surface area contributed by atoms with Crippen molar-refractivity contribution >= 4 is 11.3 Å². The summed E-state index contributed by atoms with van der Waals surface area (Å²) in [5.74, 6) is 0. The zero-order chi connectivity index (χ0) is 12.1. The molecular weight excluding hydrogens is 218 g/mol. The van der Waals surface area contributed by atoms with Gasteiger partial charge in [-0.2, -0.15) is 0 Å². The Morgan fingerprint density at radius 1 is 1.31 bits per heavy atom. The van der Waals surface area contributed by atoms with Gasteiger partial charge < -0.3 is 10.4 Å². The van der Waals surface area contributed by atoms with Crippen LogP contribution in [0.15, 0.2) is 12.1 Å². The summed E-state index contributed by atoms with van der Waals surface area (Å²) < 4.78 is 0. The molecule has 3 atom stereocenters. The van der Waals surface area contributed by atoms with E-state index in [1.165, 1.54) is 9.75 Å². The van der Waals surface area contributed by atoms with Crippen LogP contribution in [0.2, 0.25) is 0 Å². The number of hydrogen-bond acceptors (Lipinski definition) is 3. The predicted molar refractivity (Wildman–Crippen MR) is 71.0 cm³/mol. The van der Waals surface area contributed by atoms with Crippen molar-refractivity contribution in [3.63, 3.8) is 0 Å². The molecular formula is C13H23NOS. The van der Waals surface area contributed by atoms with Crippen LogP contribution in [0.1, 0.15) is 49.9 Å². The first-order chi connectivity index (χ1) is 7.52. The fourth-order valence-corrected chi connectivity index (χ4v) is 2.87. The number of aliphatic hydroxyl groups is 1. The van der Waals surface area contributed by atoms with Crippen LogP contribution in [-0.4, -0.2) is 17.3 Å². The van der Waals surface area contributed by atoms with Crippen LogP contribution in [0.5, 0.6) is 0 Å². The van der Waals surface area contributed by atoms with E-state index in [2.05, 4.69) is 38.2 Å². The van der Waals surface area contributed by atoms with Gasteiger partial charge in [-0.1, -0.05) is 6.92 Å². The van der Waals surface area contributed by atoms with Gasteiger partial charge in [0.05, 0.1) is 6.10 Å². The zero-order valence-corrected chi connectivity index (χ0v) is 11.5. The van der Waals surface area contributed by atoms with Gasteiger partial charge >= 0.3 is 0 Å². The quantitative estimate of drug-likeness (QED) is 0.802. The fraction of sp³-hybridized carbons (Fsp3) is 0.692. The standard InChI is InChI=1S/C13H23NOS/c1-5-12-6-7-13(16-12)11(4)14-9(2)8-10(3)15/h6-7,9-11,14-15H,5,8H2,1-4H3. The molecule has 0 amide bonds. The Hall–Kier alpha value is -0.380. The molecule has 2 nitrogen and oxygen atoms in total. The topological polar surface area (TPSA) is 32.3 Å². The Morgan fingerprint density at radius 2 is 2.00 bits per heavy atom. The van der Waals surface area contributed by atoms with E-state index in [-0.39, 0.29) is 6.10 Å². The minimum atomic E-state index is -0.232. The first kappa shape index (κ1) is 13.7. The van der Waals surface area contributed by atoms with Crippen LogP contribution in [0, 0.1) is 0 Å². The van der Waals surface area contributed by atoms with Crippen molar-refractivity contribution in [3.05, 3.63) is 21.9 Å². The molecule has 0 aromatic carbocycles. The number of nitrogens with one attached hydrogen (secondary N) is 1.